The summed E-state index contributed by atoms with van der Waals surface area (Å²) in [5.41, 5.74) is 2.54. The number of carbonyl (C=O) groups is 1. The van der Waals surface area contributed by atoms with Crippen molar-refractivity contribution in [3.8, 4) is 5.75 Å². The van der Waals surface area contributed by atoms with E-state index in [2.05, 4.69) is 32.9 Å². The molecular weight excluding hydrogens is 324 g/mol. The van der Waals surface area contributed by atoms with Crippen molar-refractivity contribution in [1.82, 2.24) is 0 Å². The van der Waals surface area contributed by atoms with Crippen molar-refractivity contribution in [2.45, 2.75) is 97.0 Å². The third kappa shape index (κ3) is 7.39. The lowest BCUT2D eigenvalue weighted by Gasteiger charge is -2.17. The third-order valence-electron chi connectivity index (χ3n) is 5.48. The van der Waals surface area contributed by atoms with Crippen LogP contribution >= 0.6 is 0 Å². The number of hydrogen-bond acceptors (Lipinski definition) is 3. The number of hydrogen-bond donors (Lipinski definition) is 1. The Morgan fingerprint density at radius 1 is 1.08 bits per heavy atom. The smallest absolute Gasteiger partial charge is 0.293 e. The van der Waals surface area contributed by atoms with E-state index in [0.717, 1.165) is 50.5 Å². The average Bonchev–Trinajstić information content (AvgIpc) is 3.32. The standard InChI is InChI=1S/C23H36O3/c1-22(2,3)13-7-4-5-9-19-11-12-20(21(25)17-19)10-6-8-14-23(15-16-23)26-18-24/h11-12,17-18,25H,4-10,13-16H2,1-3H3. The maximum atomic E-state index is 10.5. The van der Waals surface area contributed by atoms with E-state index in [-0.39, 0.29) is 5.60 Å². The van der Waals surface area contributed by atoms with Crippen molar-refractivity contribution in [2.24, 2.45) is 5.41 Å². The van der Waals surface area contributed by atoms with E-state index in [1.807, 2.05) is 6.07 Å². The van der Waals surface area contributed by atoms with Crippen molar-refractivity contribution >= 4 is 6.47 Å². The molecule has 1 saturated carbocycles. The molecule has 1 aromatic rings. The van der Waals surface area contributed by atoms with Gasteiger partial charge in [0.15, 0.2) is 0 Å². The van der Waals surface area contributed by atoms with Crippen LogP contribution in [0, 0.1) is 5.41 Å². The summed E-state index contributed by atoms with van der Waals surface area (Å²) >= 11 is 0. The van der Waals surface area contributed by atoms with Crippen molar-refractivity contribution in [3.05, 3.63) is 29.3 Å². The number of phenolic OH excluding ortho intramolecular Hbond substituents is 1. The van der Waals surface area contributed by atoms with Crippen LogP contribution in [-0.2, 0) is 22.4 Å². The van der Waals surface area contributed by atoms with Crippen LogP contribution in [0.3, 0.4) is 0 Å². The Bertz CT molecular complexity index is 567. The predicted molar refractivity (Wildman–Crippen MR) is 106 cm³/mol. The van der Waals surface area contributed by atoms with Crippen LogP contribution in [0.5, 0.6) is 5.75 Å². The summed E-state index contributed by atoms with van der Waals surface area (Å²) in [7, 11) is 0. The fourth-order valence-electron chi connectivity index (χ4n) is 3.57. The van der Waals surface area contributed by atoms with Crippen LogP contribution in [0.25, 0.3) is 0 Å². The van der Waals surface area contributed by atoms with E-state index in [4.69, 9.17) is 4.74 Å². The molecule has 0 aromatic heterocycles. The minimum atomic E-state index is -0.152. The Labute approximate surface area is 159 Å². The van der Waals surface area contributed by atoms with Gasteiger partial charge in [0.25, 0.3) is 6.47 Å². The summed E-state index contributed by atoms with van der Waals surface area (Å²) in [6, 6.07) is 6.18. The fraction of sp³-hybridized carbons (Fsp3) is 0.696. The molecule has 3 heteroatoms. The first-order valence-electron chi connectivity index (χ1n) is 10.3. The predicted octanol–water partition coefficient (Wildman–Crippen LogP) is 5.96. The van der Waals surface area contributed by atoms with Gasteiger partial charge in [-0.05, 0) is 80.4 Å². The van der Waals surface area contributed by atoms with Gasteiger partial charge in [0.2, 0.25) is 0 Å². The summed E-state index contributed by atoms with van der Waals surface area (Å²) in [6.07, 6.45) is 11.9. The zero-order valence-electron chi connectivity index (χ0n) is 16.9. The number of benzene rings is 1. The average molecular weight is 361 g/mol. The maximum Gasteiger partial charge on any atom is 0.293 e. The van der Waals surface area contributed by atoms with E-state index in [9.17, 15) is 9.90 Å². The number of carbonyl (C=O) groups excluding carboxylic acids is 1. The van der Waals surface area contributed by atoms with E-state index in [1.165, 1.54) is 31.2 Å². The molecule has 0 bridgehead atoms. The van der Waals surface area contributed by atoms with Crippen LogP contribution in [0.15, 0.2) is 18.2 Å². The zero-order valence-corrected chi connectivity index (χ0v) is 16.9. The first-order valence-corrected chi connectivity index (χ1v) is 10.3. The van der Waals surface area contributed by atoms with Gasteiger partial charge < -0.3 is 9.84 Å². The van der Waals surface area contributed by atoms with E-state index in [0.29, 0.717) is 17.6 Å². The number of aryl methyl sites for hydroxylation is 2. The summed E-state index contributed by atoms with van der Waals surface area (Å²) in [6.45, 7) is 7.47. The lowest BCUT2D eigenvalue weighted by Crippen LogP contribution is -2.12. The molecule has 0 amide bonds. The monoisotopic (exact) mass is 360 g/mol. The topological polar surface area (TPSA) is 46.5 Å². The lowest BCUT2D eigenvalue weighted by atomic mass is 9.89. The summed E-state index contributed by atoms with van der Waals surface area (Å²) in [5.74, 6) is 0.433. The number of aromatic hydroxyl groups is 1. The Hall–Kier alpha value is -1.51. The minimum absolute atomic E-state index is 0.152. The molecule has 0 aliphatic heterocycles. The van der Waals surface area contributed by atoms with Crippen LogP contribution in [0.1, 0.15) is 89.7 Å². The first kappa shape index (κ1) is 20.8. The molecule has 0 atom stereocenters. The molecule has 26 heavy (non-hydrogen) atoms. The number of ether oxygens (including phenoxy) is 1. The molecule has 3 nitrogen and oxygen atoms in total. The molecule has 1 aromatic carbocycles. The molecule has 0 saturated heterocycles. The number of phenols is 1. The molecule has 1 N–H and O–H groups in total. The highest BCUT2D eigenvalue weighted by atomic mass is 16.5. The second-order valence-electron chi connectivity index (χ2n) is 9.19. The van der Waals surface area contributed by atoms with Gasteiger partial charge in [-0.2, -0.15) is 0 Å². The molecule has 0 unspecified atom stereocenters. The van der Waals surface area contributed by atoms with Gasteiger partial charge in [0, 0.05) is 0 Å². The highest BCUT2D eigenvalue weighted by Crippen LogP contribution is 2.43. The Morgan fingerprint density at radius 3 is 2.42 bits per heavy atom. The van der Waals surface area contributed by atoms with Gasteiger partial charge in [-0.15, -0.1) is 0 Å². The van der Waals surface area contributed by atoms with Crippen LogP contribution < -0.4 is 0 Å². The van der Waals surface area contributed by atoms with Crippen LogP contribution in [-0.4, -0.2) is 17.2 Å². The molecule has 1 fully saturated rings. The molecule has 1 aliphatic carbocycles. The molecule has 0 spiro atoms. The van der Waals surface area contributed by atoms with Crippen molar-refractivity contribution in [2.75, 3.05) is 0 Å². The summed E-state index contributed by atoms with van der Waals surface area (Å²) < 4.78 is 5.18. The lowest BCUT2D eigenvalue weighted by molar-refractivity contribution is -0.135. The van der Waals surface area contributed by atoms with Gasteiger partial charge in [-0.25, -0.2) is 0 Å². The van der Waals surface area contributed by atoms with Crippen molar-refractivity contribution in [3.63, 3.8) is 0 Å². The summed E-state index contributed by atoms with van der Waals surface area (Å²) in [4.78, 5) is 10.5. The van der Waals surface area contributed by atoms with Gasteiger partial charge in [0.05, 0.1) is 0 Å². The first-order chi connectivity index (χ1) is 12.3. The molecule has 0 radical (unpaired) electrons. The van der Waals surface area contributed by atoms with E-state index in [1.54, 1.807) is 0 Å². The largest absolute Gasteiger partial charge is 0.508 e. The molecule has 146 valence electrons. The molecule has 1 aliphatic rings. The highest BCUT2D eigenvalue weighted by molar-refractivity contribution is 5.39. The Morgan fingerprint density at radius 2 is 1.81 bits per heavy atom. The highest BCUT2D eigenvalue weighted by Gasteiger charge is 2.44. The van der Waals surface area contributed by atoms with Crippen LogP contribution in [0.4, 0.5) is 0 Å². The SMILES string of the molecule is CC(C)(C)CCCCCc1ccc(CCCCC2(OC=O)CC2)c(O)c1. The van der Waals surface area contributed by atoms with Crippen LogP contribution in [0.2, 0.25) is 0 Å². The number of unbranched alkanes of at least 4 members (excludes halogenated alkanes) is 3. The third-order valence-corrected chi connectivity index (χ3v) is 5.48. The van der Waals surface area contributed by atoms with Gasteiger partial charge in [0.1, 0.15) is 11.4 Å². The Balaban J connectivity index is 1.65. The number of rotatable bonds is 12. The van der Waals surface area contributed by atoms with E-state index < -0.39 is 0 Å². The van der Waals surface area contributed by atoms with Gasteiger partial charge >= 0.3 is 0 Å². The second-order valence-corrected chi connectivity index (χ2v) is 9.19. The Kier molecular flexibility index (Phi) is 7.55. The second kappa shape index (κ2) is 9.43. The molecular formula is C23H36O3. The molecule has 2 rings (SSSR count). The fourth-order valence-corrected chi connectivity index (χ4v) is 3.57. The van der Waals surface area contributed by atoms with Gasteiger partial charge in [-0.3, -0.25) is 4.79 Å². The quantitative estimate of drug-likeness (QED) is 0.369. The van der Waals surface area contributed by atoms with Crippen molar-refractivity contribution in [1.29, 1.82) is 0 Å². The van der Waals surface area contributed by atoms with Gasteiger partial charge in [-0.1, -0.05) is 45.7 Å². The zero-order chi connectivity index (χ0) is 19.0. The molecule has 0 heterocycles. The maximum absolute atomic E-state index is 10.5. The van der Waals surface area contributed by atoms with Crippen molar-refractivity contribution < 1.29 is 14.6 Å². The normalized spacial score (nSPS) is 15.7. The van der Waals surface area contributed by atoms with E-state index >= 15 is 0 Å². The summed E-state index contributed by atoms with van der Waals surface area (Å²) in [5, 5.41) is 10.3. The minimum Gasteiger partial charge on any atom is -0.508 e.